The van der Waals surface area contributed by atoms with Gasteiger partial charge in [0.25, 0.3) is 0 Å². The molecule has 0 aliphatic carbocycles. The highest BCUT2D eigenvalue weighted by molar-refractivity contribution is 5.98. The number of likely N-dealkylation sites (N-methyl/N-ethyl adjacent to an activating group) is 1. The molecule has 3 heterocycles. The van der Waals surface area contributed by atoms with Crippen molar-refractivity contribution in [2.24, 2.45) is 23.2 Å². The largest absolute Gasteiger partial charge is 0.455 e. The second-order valence-corrected chi connectivity index (χ2v) is 17.1. The van der Waals surface area contributed by atoms with Gasteiger partial charge in [0.15, 0.2) is 0 Å². The van der Waals surface area contributed by atoms with E-state index in [0.717, 1.165) is 5.56 Å². The van der Waals surface area contributed by atoms with Crippen molar-refractivity contribution in [2.45, 2.75) is 135 Å². The summed E-state index contributed by atoms with van der Waals surface area (Å²) in [7, 11) is 1.70. The van der Waals surface area contributed by atoms with Crippen LogP contribution in [0.3, 0.4) is 0 Å². The zero-order valence-electron chi connectivity index (χ0n) is 33.0. The quantitative estimate of drug-likeness (QED) is 0.153. The second kappa shape index (κ2) is 16.3. The lowest BCUT2D eigenvalue weighted by Crippen LogP contribution is -2.63. The number of nitrogens with zero attached hydrogens (tertiary/aromatic N) is 3. The van der Waals surface area contributed by atoms with Crippen molar-refractivity contribution in [3.05, 3.63) is 61.2 Å². The summed E-state index contributed by atoms with van der Waals surface area (Å²) in [6.45, 7) is 23.9. The van der Waals surface area contributed by atoms with Gasteiger partial charge in [0.2, 0.25) is 17.7 Å². The lowest BCUT2D eigenvalue weighted by molar-refractivity contribution is -0.165. The van der Waals surface area contributed by atoms with E-state index in [4.69, 9.17) is 9.47 Å². The number of likely N-dealkylation sites (tertiary alicyclic amines) is 1. The Balaban J connectivity index is 1.78. The number of amides is 3. The minimum Gasteiger partial charge on any atom is -0.455 e. The molecule has 1 aromatic carbocycles. The lowest BCUT2D eigenvalue weighted by Gasteiger charge is -2.47. The normalized spacial score (nSPS) is 26.3. The molecule has 1 N–H and O–H groups in total. The Labute approximate surface area is 311 Å². The van der Waals surface area contributed by atoms with Crippen LogP contribution in [0.15, 0.2) is 55.6 Å². The standard InChI is InChI=1S/C42H63N3O7/c1-12-15-21-32(47)43(11)28(5)35(29-19-17-16-18-20-29)51-39(50)33-31-22-23-42(52-31)34(33)37(48)45(30(25-46)27(4)14-3)36(42)38(49)44(24-13-2)41(9,10)26-40(6,7)8/h12-13,16-20,27-28,30-31,33-36,46H,1-2,14-15,21-26H2,3-11H3/t27-,28+,30-,31+,33-,34-,35-,36+,42-/m0/s1. The molecule has 10 heteroatoms. The van der Waals surface area contributed by atoms with E-state index in [1.165, 1.54) is 0 Å². The van der Waals surface area contributed by atoms with E-state index in [0.29, 0.717) is 32.1 Å². The Bertz CT molecular complexity index is 1470. The third-order valence-corrected chi connectivity index (χ3v) is 11.7. The highest BCUT2D eigenvalue weighted by atomic mass is 16.6. The zero-order chi connectivity index (χ0) is 38.8. The van der Waals surface area contributed by atoms with Crippen LogP contribution in [0.5, 0.6) is 0 Å². The van der Waals surface area contributed by atoms with Crippen LogP contribution in [0.1, 0.15) is 106 Å². The van der Waals surface area contributed by atoms with Crippen LogP contribution in [-0.4, -0.2) is 99.1 Å². The first-order chi connectivity index (χ1) is 24.4. The summed E-state index contributed by atoms with van der Waals surface area (Å²) in [6, 6.07) is 7.07. The van der Waals surface area contributed by atoms with Gasteiger partial charge in [0, 0.05) is 25.6 Å². The topological polar surface area (TPSA) is 117 Å². The number of carbonyl (C=O) groups excluding carboxylic acids is 4. The van der Waals surface area contributed by atoms with Crippen molar-refractivity contribution in [2.75, 3.05) is 20.2 Å². The van der Waals surface area contributed by atoms with E-state index in [1.54, 1.807) is 33.9 Å². The molecule has 0 unspecified atom stereocenters. The van der Waals surface area contributed by atoms with E-state index in [9.17, 15) is 19.5 Å². The van der Waals surface area contributed by atoms with E-state index in [-0.39, 0.29) is 48.6 Å². The van der Waals surface area contributed by atoms with Gasteiger partial charge in [0.05, 0.1) is 36.6 Å². The van der Waals surface area contributed by atoms with Gasteiger partial charge in [-0.2, -0.15) is 0 Å². The van der Waals surface area contributed by atoms with Gasteiger partial charge in [-0.25, -0.2) is 0 Å². The lowest BCUT2D eigenvalue weighted by atomic mass is 9.70. The Morgan fingerprint density at radius 2 is 1.77 bits per heavy atom. The molecule has 3 saturated heterocycles. The molecule has 3 amide bonds. The molecule has 1 spiro atoms. The van der Waals surface area contributed by atoms with Crippen LogP contribution >= 0.6 is 0 Å². The molecule has 0 aromatic heterocycles. The van der Waals surface area contributed by atoms with Crippen LogP contribution in [0.2, 0.25) is 0 Å². The van der Waals surface area contributed by atoms with Crippen LogP contribution in [0.25, 0.3) is 0 Å². The first-order valence-corrected chi connectivity index (χ1v) is 19.1. The van der Waals surface area contributed by atoms with Crippen molar-refractivity contribution in [1.29, 1.82) is 0 Å². The minimum atomic E-state index is -1.27. The summed E-state index contributed by atoms with van der Waals surface area (Å²) in [5, 5.41) is 10.8. The van der Waals surface area contributed by atoms with Gasteiger partial charge in [-0.15, -0.1) is 13.2 Å². The molecule has 9 atom stereocenters. The maximum atomic E-state index is 15.2. The summed E-state index contributed by atoms with van der Waals surface area (Å²) in [5.41, 5.74) is -1.27. The Kier molecular flexibility index (Phi) is 12.9. The minimum absolute atomic E-state index is 0.104. The first-order valence-electron chi connectivity index (χ1n) is 19.1. The molecule has 4 rings (SSSR count). The number of allylic oxidation sites excluding steroid dienone is 1. The van der Waals surface area contributed by atoms with E-state index in [2.05, 4.69) is 33.9 Å². The van der Waals surface area contributed by atoms with Crippen molar-refractivity contribution >= 4 is 23.7 Å². The number of fused-ring (bicyclic) bond motifs is 1. The van der Waals surface area contributed by atoms with Crippen LogP contribution in [0.4, 0.5) is 0 Å². The third kappa shape index (κ3) is 7.88. The first kappa shape index (κ1) is 41.3. The molecule has 3 aliphatic rings. The van der Waals surface area contributed by atoms with Gasteiger partial charge in [-0.1, -0.05) is 83.5 Å². The number of carbonyl (C=O) groups is 4. The van der Waals surface area contributed by atoms with Gasteiger partial charge < -0.3 is 29.3 Å². The zero-order valence-corrected chi connectivity index (χ0v) is 33.0. The number of aliphatic hydroxyl groups excluding tert-OH is 1. The second-order valence-electron chi connectivity index (χ2n) is 17.1. The molecule has 288 valence electrons. The highest BCUT2D eigenvalue weighted by Gasteiger charge is 2.76. The predicted molar refractivity (Wildman–Crippen MR) is 202 cm³/mol. The maximum Gasteiger partial charge on any atom is 0.313 e. The molecule has 0 saturated carbocycles. The van der Waals surface area contributed by atoms with Crippen molar-refractivity contribution in [3.8, 4) is 0 Å². The number of hydrogen-bond donors (Lipinski definition) is 1. The predicted octanol–water partition coefficient (Wildman–Crippen LogP) is 6.10. The number of esters is 1. The third-order valence-electron chi connectivity index (χ3n) is 11.7. The fourth-order valence-electron chi connectivity index (χ4n) is 9.24. The molecule has 10 nitrogen and oxygen atoms in total. The van der Waals surface area contributed by atoms with E-state index >= 15 is 4.79 Å². The average molecular weight is 722 g/mol. The molecule has 52 heavy (non-hydrogen) atoms. The van der Waals surface area contributed by atoms with E-state index in [1.807, 2.05) is 65.0 Å². The highest BCUT2D eigenvalue weighted by Crippen LogP contribution is 2.60. The van der Waals surface area contributed by atoms with Gasteiger partial charge in [-0.3, -0.25) is 19.2 Å². The van der Waals surface area contributed by atoms with Gasteiger partial charge in [0.1, 0.15) is 17.7 Å². The van der Waals surface area contributed by atoms with Crippen LogP contribution < -0.4 is 0 Å². The molecule has 3 aliphatic heterocycles. The summed E-state index contributed by atoms with van der Waals surface area (Å²) >= 11 is 0. The van der Waals surface area contributed by atoms with Gasteiger partial charge >= 0.3 is 5.97 Å². The Hall–Kier alpha value is -3.50. The number of rotatable bonds is 17. The summed E-state index contributed by atoms with van der Waals surface area (Å²) in [5.74, 6) is -3.39. The molecular weight excluding hydrogens is 658 g/mol. The molecule has 1 aromatic rings. The van der Waals surface area contributed by atoms with Crippen molar-refractivity contribution in [3.63, 3.8) is 0 Å². The van der Waals surface area contributed by atoms with Gasteiger partial charge in [-0.05, 0) is 63.4 Å². The number of hydrogen-bond acceptors (Lipinski definition) is 7. The SMILES string of the molecule is C=CCCC(=O)N(C)[C@H](C)[C@H](OC(=O)[C@@H]1[C@H]2C(=O)N([C@@H](CO)[C@@H](C)CC)[C@H](C(=O)N(CC=C)C(C)(C)CC(C)(C)C)[C@]23CC[C@H]1O3)c1ccccc1. The monoisotopic (exact) mass is 721 g/mol. The molecule has 0 radical (unpaired) electrons. The maximum absolute atomic E-state index is 15.2. The summed E-state index contributed by atoms with van der Waals surface area (Å²) in [4.78, 5) is 62.8. The number of benzene rings is 1. The molecular formula is C42H63N3O7. The smallest absolute Gasteiger partial charge is 0.313 e. The average Bonchev–Trinajstić information content (AvgIpc) is 3.74. The van der Waals surface area contributed by atoms with Crippen molar-refractivity contribution < 1.29 is 33.8 Å². The Morgan fingerprint density at radius 1 is 1.12 bits per heavy atom. The summed E-state index contributed by atoms with van der Waals surface area (Å²) in [6.07, 6.45) is 5.02. The number of ether oxygens (including phenoxy) is 2. The molecule has 2 bridgehead atoms. The fourth-order valence-corrected chi connectivity index (χ4v) is 9.24. The van der Waals surface area contributed by atoms with Crippen LogP contribution in [-0.2, 0) is 28.7 Å². The molecule has 3 fully saturated rings. The van der Waals surface area contributed by atoms with Crippen LogP contribution in [0, 0.1) is 23.2 Å². The van der Waals surface area contributed by atoms with Crippen molar-refractivity contribution in [1.82, 2.24) is 14.7 Å². The van der Waals surface area contributed by atoms with E-state index < -0.39 is 59.3 Å². The Morgan fingerprint density at radius 3 is 2.33 bits per heavy atom. The fraction of sp³-hybridized carbons (Fsp3) is 0.667. The number of aliphatic hydroxyl groups is 1. The summed E-state index contributed by atoms with van der Waals surface area (Å²) < 4.78 is 13.2.